The van der Waals surface area contributed by atoms with Gasteiger partial charge in [-0.15, -0.1) is 0 Å². The Hall–Kier alpha value is -1.90. The minimum absolute atomic E-state index is 0. The fourth-order valence-corrected chi connectivity index (χ4v) is 1.95. The Kier molecular flexibility index (Phi) is 3.61. The van der Waals surface area contributed by atoms with Crippen LogP contribution in [0.2, 0.25) is 0 Å². The van der Waals surface area contributed by atoms with Crippen LogP contribution in [0.5, 0.6) is 0 Å². The lowest BCUT2D eigenvalue weighted by Crippen LogP contribution is -1.75. The number of rotatable bonds is 0. The molecule has 0 aromatic heterocycles. The maximum Gasteiger partial charge on any atom is -0.0105 e. The highest BCUT2D eigenvalue weighted by molar-refractivity contribution is 6.07. The van der Waals surface area contributed by atoms with Crippen molar-refractivity contribution >= 4 is 21.5 Å². The summed E-state index contributed by atoms with van der Waals surface area (Å²) in [5.41, 5.74) is 0. The van der Waals surface area contributed by atoms with E-state index in [-0.39, 0.29) is 12.3 Å². The van der Waals surface area contributed by atoms with Crippen LogP contribution in [0.4, 0.5) is 0 Å². The van der Waals surface area contributed by atoms with Crippen LogP contribution in [0.25, 0.3) is 21.5 Å². The van der Waals surface area contributed by atoms with Crippen molar-refractivity contribution in [2.24, 2.45) is 0 Å². The molecule has 0 saturated carbocycles. The predicted molar refractivity (Wildman–Crippen MR) is 71.5 cm³/mol. The van der Waals surface area contributed by atoms with Crippen LogP contribution in [0.3, 0.4) is 0 Å². The van der Waals surface area contributed by atoms with Gasteiger partial charge in [-0.1, -0.05) is 60.7 Å². The smallest absolute Gasteiger partial charge is 0.0105 e. The summed E-state index contributed by atoms with van der Waals surface area (Å²) in [6.45, 7) is 0. The van der Waals surface area contributed by atoms with Gasteiger partial charge >= 0.3 is 0 Å². The zero-order valence-corrected chi connectivity index (χ0v) is 9.19. The summed E-state index contributed by atoms with van der Waals surface area (Å²) in [5, 5.41) is 5.30. The van der Waals surface area contributed by atoms with Crippen molar-refractivity contribution in [2.75, 3.05) is 0 Å². The van der Waals surface area contributed by atoms with Gasteiger partial charge in [0.2, 0.25) is 0 Å². The van der Waals surface area contributed by atoms with Gasteiger partial charge in [0.05, 0.1) is 0 Å². The van der Waals surface area contributed by atoms with Gasteiger partial charge in [-0.2, -0.15) is 0 Å². The third-order valence-corrected chi connectivity index (χ3v) is 2.65. The van der Waals surface area contributed by atoms with Gasteiger partial charge in [-0.25, -0.2) is 0 Å². The Morgan fingerprint density at radius 3 is 1.25 bits per heavy atom. The lowest BCUT2D eigenvalue weighted by Gasteiger charge is -2.02. The highest BCUT2D eigenvalue weighted by Crippen LogP contribution is 2.24. The first-order chi connectivity index (χ1) is 6.95. The van der Waals surface area contributed by atoms with Crippen LogP contribution < -0.4 is 12.3 Å². The first-order valence-electron chi connectivity index (χ1n) is 4.82. The van der Waals surface area contributed by atoms with E-state index in [4.69, 9.17) is 0 Å². The van der Waals surface area contributed by atoms with E-state index in [0.29, 0.717) is 0 Å². The largest absolute Gasteiger partial charge is 0.344 e. The van der Waals surface area contributed by atoms with Crippen molar-refractivity contribution in [3.8, 4) is 0 Å². The molecule has 2 heteroatoms. The van der Waals surface area contributed by atoms with E-state index in [1.807, 2.05) is 0 Å². The summed E-state index contributed by atoms with van der Waals surface area (Å²) < 4.78 is 0. The van der Waals surface area contributed by atoms with Gasteiger partial charge in [0, 0.05) is 0 Å². The predicted octanol–water partition coefficient (Wildman–Crippen LogP) is 4.32. The van der Waals surface area contributed by atoms with Gasteiger partial charge in [0.25, 0.3) is 0 Å². The third kappa shape index (κ3) is 1.76. The molecule has 0 saturated heterocycles. The minimum Gasteiger partial charge on any atom is -0.344 e. The van der Waals surface area contributed by atoms with Gasteiger partial charge in [-0.05, 0) is 21.5 Å². The van der Waals surface area contributed by atoms with E-state index in [1.54, 1.807) is 0 Å². The lowest BCUT2D eigenvalue weighted by atomic mass is 10.0. The zero-order chi connectivity index (χ0) is 9.38. The number of hydrogen-bond donors (Lipinski definition) is 2. The second-order valence-corrected chi connectivity index (χ2v) is 3.51. The standard InChI is InChI=1S/C14H10.2H3N/c1-3-7-13-11(5-1)9-10-12-6-2-4-8-14(12)13;;/h1-10H;2*1H3. The minimum atomic E-state index is 0. The zero-order valence-electron chi connectivity index (χ0n) is 9.19. The molecule has 0 radical (unpaired) electrons. The molecular formula is C14H16N2. The monoisotopic (exact) mass is 212 g/mol. The van der Waals surface area contributed by atoms with Crippen LogP contribution in [-0.4, -0.2) is 0 Å². The molecule has 0 unspecified atom stereocenters. The second kappa shape index (κ2) is 4.75. The van der Waals surface area contributed by atoms with Gasteiger partial charge < -0.3 is 12.3 Å². The average molecular weight is 212 g/mol. The van der Waals surface area contributed by atoms with Crippen LogP contribution in [0, 0.1) is 0 Å². The molecule has 0 aliphatic carbocycles. The first kappa shape index (κ1) is 12.2. The summed E-state index contributed by atoms with van der Waals surface area (Å²) in [7, 11) is 0. The Bertz CT molecular complexity index is 548. The molecule has 0 amide bonds. The fraction of sp³-hybridized carbons (Fsp3) is 0. The molecule has 3 aromatic carbocycles. The molecule has 0 atom stereocenters. The Labute approximate surface area is 95.1 Å². The SMILES string of the molecule is N.N.c1ccc2c(c1)ccc1ccccc12. The summed E-state index contributed by atoms with van der Waals surface area (Å²) in [6.07, 6.45) is 0. The van der Waals surface area contributed by atoms with E-state index in [2.05, 4.69) is 60.7 Å². The van der Waals surface area contributed by atoms with Gasteiger partial charge in [0.15, 0.2) is 0 Å². The van der Waals surface area contributed by atoms with Crippen molar-refractivity contribution < 1.29 is 0 Å². The summed E-state index contributed by atoms with van der Waals surface area (Å²) >= 11 is 0. The number of hydrogen-bond acceptors (Lipinski definition) is 2. The van der Waals surface area contributed by atoms with E-state index in [1.165, 1.54) is 21.5 Å². The molecule has 0 heterocycles. The van der Waals surface area contributed by atoms with E-state index >= 15 is 0 Å². The average Bonchev–Trinajstić information content (AvgIpc) is 2.29. The molecule has 0 spiro atoms. The maximum atomic E-state index is 2.18. The van der Waals surface area contributed by atoms with Crippen molar-refractivity contribution in [1.82, 2.24) is 12.3 Å². The van der Waals surface area contributed by atoms with E-state index in [9.17, 15) is 0 Å². The van der Waals surface area contributed by atoms with Crippen LogP contribution in [0.1, 0.15) is 0 Å². The second-order valence-electron chi connectivity index (χ2n) is 3.51. The van der Waals surface area contributed by atoms with Crippen molar-refractivity contribution in [3.05, 3.63) is 60.7 Å². The summed E-state index contributed by atoms with van der Waals surface area (Å²) in [5.74, 6) is 0. The quantitative estimate of drug-likeness (QED) is 0.545. The molecule has 0 fully saturated rings. The van der Waals surface area contributed by atoms with E-state index in [0.717, 1.165) is 0 Å². The van der Waals surface area contributed by atoms with Crippen molar-refractivity contribution in [1.29, 1.82) is 0 Å². The van der Waals surface area contributed by atoms with Crippen LogP contribution >= 0.6 is 0 Å². The molecule has 16 heavy (non-hydrogen) atoms. The number of fused-ring (bicyclic) bond motifs is 3. The highest BCUT2D eigenvalue weighted by atomic mass is 14.0. The fourth-order valence-electron chi connectivity index (χ4n) is 1.95. The summed E-state index contributed by atoms with van der Waals surface area (Å²) in [6, 6.07) is 21.4. The van der Waals surface area contributed by atoms with E-state index < -0.39 is 0 Å². The molecular weight excluding hydrogens is 196 g/mol. The number of benzene rings is 3. The molecule has 0 bridgehead atoms. The topological polar surface area (TPSA) is 70.0 Å². The molecule has 3 rings (SSSR count). The van der Waals surface area contributed by atoms with Crippen molar-refractivity contribution in [3.63, 3.8) is 0 Å². The molecule has 2 nitrogen and oxygen atoms in total. The van der Waals surface area contributed by atoms with Crippen molar-refractivity contribution in [2.45, 2.75) is 0 Å². The molecule has 0 aliphatic heterocycles. The molecule has 82 valence electrons. The highest BCUT2D eigenvalue weighted by Gasteiger charge is 1.97. The normalized spacial score (nSPS) is 9.50. The van der Waals surface area contributed by atoms with Gasteiger partial charge in [-0.3, -0.25) is 0 Å². The first-order valence-corrected chi connectivity index (χ1v) is 4.82. The Morgan fingerprint density at radius 1 is 0.438 bits per heavy atom. The van der Waals surface area contributed by atoms with Crippen LogP contribution in [0.15, 0.2) is 60.7 Å². The molecule has 0 aliphatic rings. The molecule has 6 N–H and O–H groups in total. The maximum absolute atomic E-state index is 2.18. The lowest BCUT2D eigenvalue weighted by molar-refractivity contribution is 1.76. The van der Waals surface area contributed by atoms with Crippen LogP contribution in [-0.2, 0) is 0 Å². The third-order valence-electron chi connectivity index (χ3n) is 2.65. The Morgan fingerprint density at radius 2 is 0.812 bits per heavy atom. The van der Waals surface area contributed by atoms with Gasteiger partial charge in [0.1, 0.15) is 0 Å². The summed E-state index contributed by atoms with van der Waals surface area (Å²) in [4.78, 5) is 0. The Balaban J connectivity index is 0.000000640. The molecule has 3 aromatic rings.